The van der Waals surface area contributed by atoms with Gasteiger partial charge in [0.15, 0.2) is 6.61 Å². The molecule has 0 saturated heterocycles. The Hall–Kier alpha value is -3.52. The molecular formula is C20H18ClN3O5. The first-order chi connectivity index (χ1) is 13.9. The van der Waals surface area contributed by atoms with Gasteiger partial charge in [-0.2, -0.15) is 0 Å². The molecule has 1 aromatic heterocycles. The minimum Gasteiger partial charge on any atom is -0.496 e. The lowest BCUT2D eigenvalue weighted by molar-refractivity contribution is -0.125. The van der Waals surface area contributed by atoms with E-state index in [-0.39, 0.29) is 5.56 Å². The van der Waals surface area contributed by atoms with Gasteiger partial charge in [-0.1, -0.05) is 29.8 Å². The molecule has 0 aliphatic heterocycles. The standard InChI is InChI=1S/C20H18ClN3O5/c1-24-10-15(13-5-3-4-6-16(13)24)20(27)29-11-18(25)22-23-19(26)14-9-12(21)7-8-17(14)28-2/h3-10H,11H2,1-2H3,(H,22,25)(H,23,26). The van der Waals surface area contributed by atoms with Crippen molar-refractivity contribution >= 4 is 40.3 Å². The van der Waals surface area contributed by atoms with Gasteiger partial charge in [-0.25, -0.2) is 4.79 Å². The van der Waals surface area contributed by atoms with Gasteiger partial charge in [0.1, 0.15) is 5.75 Å². The van der Waals surface area contributed by atoms with E-state index in [9.17, 15) is 14.4 Å². The average Bonchev–Trinajstić information content (AvgIpc) is 3.07. The molecule has 0 saturated carbocycles. The molecule has 2 N–H and O–H groups in total. The van der Waals surface area contributed by atoms with Gasteiger partial charge in [0, 0.05) is 29.2 Å². The monoisotopic (exact) mass is 415 g/mol. The number of aromatic nitrogens is 1. The summed E-state index contributed by atoms with van der Waals surface area (Å²) in [5.41, 5.74) is 5.77. The molecule has 0 aliphatic carbocycles. The number of benzene rings is 2. The molecular weight excluding hydrogens is 398 g/mol. The highest BCUT2D eigenvalue weighted by atomic mass is 35.5. The zero-order valence-corrected chi connectivity index (χ0v) is 16.4. The van der Waals surface area contributed by atoms with Crippen LogP contribution in [0.5, 0.6) is 5.75 Å². The van der Waals surface area contributed by atoms with Crippen molar-refractivity contribution in [3.63, 3.8) is 0 Å². The number of nitrogens with zero attached hydrogens (tertiary/aromatic N) is 1. The Bertz CT molecular complexity index is 1090. The quantitative estimate of drug-likeness (QED) is 0.492. The van der Waals surface area contributed by atoms with E-state index in [4.69, 9.17) is 21.1 Å². The Kier molecular flexibility index (Phi) is 6.04. The lowest BCUT2D eigenvalue weighted by Gasteiger charge is -2.11. The first kappa shape index (κ1) is 20.2. The van der Waals surface area contributed by atoms with Crippen LogP contribution in [0.1, 0.15) is 20.7 Å². The molecule has 2 aromatic carbocycles. The van der Waals surface area contributed by atoms with Crippen molar-refractivity contribution in [3.8, 4) is 5.75 Å². The zero-order chi connectivity index (χ0) is 21.0. The Morgan fingerprint density at radius 3 is 2.59 bits per heavy atom. The van der Waals surface area contributed by atoms with Gasteiger partial charge < -0.3 is 14.0 Å². The van der Waals surface area contributed by atoms with Crippen molar-refractivity contribution in [2.45, 2.75) is 0 Å². The van der Waals surface area contributed by atoms with E-state index in [1.165, 1.54) is 19.2 Å². The molecule has 0 radical (unpaired) electrons. The maximum atomic E-state index is 12.3. The Labute approximate surface area is 171 Å². The van der Waals surface area contributed by atoms with Crippen LogP contribution in [0.25, 0.3) is 10.9 Å². The molecule has 0 aliphatic rings. The van der Waals surface area contributed by atoms with Crippen molar-refractivity contribution in [1.29, 1.82) is 0 Å². The molecule has 2 amide bonds. The SMILES string of the molecule is COc1ccc(Cl)cc1C(=O)NNC(=O)COC(=O)c1cn(C)c2ccccc12. The minimum atomic E-state index is -0.701. The van der Waals surface area contributed by atoms with E-state index in [0.29, 0.717) is 16.3 Å². The highest BCUT2D eigenvalue weighted by Gasteiger charge is 2.17. The van der Waals surface area contributed by atoms with Crippen LogP contribution in [-0.4, -0.2) is 36.1 Å². The van der Waals surface area contributed by atoms with E-state index in [0.717, 1.165) is 10.9 Å². The molecule has 3 rings (SSSR count). The first-order valence-corrected chi connectivity index (χ1v) is 8.92. The number of ether oxygens (including phenoxy) is 2. The minimum absolute atomic E-state index is 0.146. The Balaban J connectivity index is 1.57. The number of carbonyl (C=O) groups excluding carboxylic acids is 3. The van der Waals surface area contributed by atoms with E-state index in [1.807, 2.05) is 25.2 Å². The van der Waals surface area contributed by atoms with Gasteiger partial charge in [-0.3, -0.25) is 20.4 Å². The lowest BCUT2D eigenvalue weighted by Crippen LogP contribution is -2.43. The van der Waals surface area contributed by atoms with Crippen molar-refractivity contribution in [1.82, 2.24) is 15.4 Å². The van der Waals surface area contributed by atoms with Crippen LogP contribution in [0.2, 0.25) is 5.02 Å². The summed E-state index contributed by atoms with van der Waals surface area (Å²) in [6.07, 6.45) is 1.64. The number of esters is 1. The van der Waals surface area contributed by atoms with Crippen LogP contribution >= 0.6 is 11.6 Å². The number of carbonyl (C=O) groups is 3. The summed E-state index contributed by atoms with van der Waals surface area (Å²) in [7, 11) is 3.22. The number of nitrogens with one attached hydrogen (secondary N) is 2. The summed E-state index contributed by atoms with van der Waals surface area (Å²) >= 11 is 5.88. The van der Waals surface area contributed by atoms with Crippen molar-refractivity contribution in [2.24, 2.45) is 7.05 Å². The molecule has 0 spiro atoms. The number of hydrogen-bond donors (Lipinski definition) is 2. The summed E-state index contributed by atoms with van der Waals surface area (Å²) in [4.78, 5) is 36.5. The smallest absolute Gasteiger partial charge is 0.340 e. The van der Waals surface area contributed by atoms with Gasteiger partial charge in [-0.15, -0.1) is 0 Å². The Morgan fingerprint density at radius 1 is 1.07 bits per heavy atom. The fraction of sp³-hybridized carbons (Fsp3) is 0.150. The summed E-state index contributed by atoms with van der Waals surface area (Å²) in [6, 6.07) is 11.9. The van der Waals surface area contributed by atoms with Crippen LogP contribution in [-0.2, 0) is 16.6 Å². The van der Waals surface area contributed by atoms with Crippen LogP contribution < -0.4 is 15.6 Å². The molecule has 0 fully saturated rings. The van der Waals surface area contributed by atoms with Crippen LogP contribution in [0.15, 0.2) is 48.7 Å². The van der Waals surface area contributed by atoms with Crippen LogP contribution in [0.3, 0.4) is 0 Å². The highest BCUT2D eigenvalue weighted by Crippen LogP contribution is 2.22. The summed E-state index contributed by atoms with van der Waals surface area (Å²) in [5, 5.41) is 1.06. The zero-order valence-electron chi connectivity index (χ0n) is 15.7. The topological polar surface area (TPSA) is 98.7 Å². The number of methoxy groups -OCH3 is 1. The van der Waals surface area contributed by atoms with Gasteiger partial charge in [0.2, 0.25) is 0 Å². The number of hydrogen-bond acceptors (Lipinski definition) is 5. The second-order valence-corrected chi connectivity index (χ2v) is 6.53. The molecule has 0 bridgehead atoms. The number of hydrazine groups is 1. The van der Waals surface area contributed by atoms with Gasteiger partial charge >= 0.3 is 5.97 Å². The maximum absolute atomic E-state index is 12.3. The number of rotatable bonds is 5. The number of fused-ring (bicyclic) bond motifs is 1. The summed E-state index contributed by atoms with van der Waals surface area (Å²) in [5.74, 6) is -1.67. The molecule has 0 atom stereocenters. The molecule has 8 nitrogen and oxygen atoms in total. The number of amides is 2. The predicted molar refractivity (Wildman–Crippen MR) is 107 cm³/mol. The summed E-state index contributed by atoms with van der Waals surface area (Å²) in [6.45, 7) is -0.561. The molecule has 1 heterocycles. The lowest BCUT2D eigenvalue weighted by atomic mass is 10.2. The first-order valence-electron chi connectivity index (χ1n) is 8.54. The molecule has 9 heteroatoms. The second kappa shape index (κ2) is 8.66. The second-order valence-electron chi connectivity index (χ2n) is 6.09. The van der Waals surface area contributed by atoms with Crippen molar-refractivity contribution < 1.29 is 23.9 Å². The maximum Gasteiger partial charge on any atom is 0.340 e. The highest BCUT2D eigenvalue weighted by molar-refractivity contribution is 6.31. The largest absolute Gasteiger partial charge is 0.496 e. The van der Waals surface area contributed by atoms with Crippen LogP contribution in [0, 0.1) is 0 Å². The van der Waals surface area contributed by atoms with E-state index < -0.39 is 24.4 Å². The molecule has 3 aromatic rings. The van der Waals surface area contributed by atoms with Gasteiger partial charge in [0.05, 0.1) is 18.2 Å². The normalized spacial score (nSPS) is 10.4. The van der Waals surface area contributed by atoms with E-state index in [2.05, 4.69) is 10.9 Å². The third kappa shape index (κ3) is 4.49. The van der Waals surface area contributed by atoms with Crippen molar-refractivity contribution in [3.05, 3.63) is 64.8 Å². The molecule has 29 heavy (non-hydrogen) atoms. The average molecular weight is 416 g/mol. The van der Waals surface area contributed by atoms with Crippen LogP contribution in [0.4, 0.5) is 0 Å². The summed E-state index contributed by atoms with van der Waals surface area (Å²) < 4.78 is 11.9. The Morgan fingerprint density at radius 2 is 1.83 bits per heavy atom. The molecule has 0 unspecified atom stereocenters. The van der Waals surface area contributed by atoms with E-state index in [1.54, 1.807) is 22.9 Å². The fourth-order valence-electron chi connectivity index (χ4n) is 2.80. The third-order valence-electron chi connectivity index (χ3n) is 4.17. The third-order valence-corrected chi connectivity index (χ3v) is 4.41. The molecule has 150 valence electrons. The number of halogens is 1. The van der Waals surface area contributed by atoms with Crippen molar-refractivity contribution in [2.75, 3.05) is 13.7 Å². The van der Waals surface area contributed by atoms with Gasteiger partial charge in [0.25, 0.3) is 11.8 Å². The van der Waals surface area contributed by atoms with Gasteiger partial charge in [-0.05, 0) is 24.3 Å². The fourth-order valence-corrected chi connectivity index (χ4v) is 2.97. The van der Waals surface area contributed by atoms with E-state index >= 15 is 0 Å². The number of aryl methyl sites for hydroxylation is 1. The predicted octanol–water partition coefficient (Wildman–Crippen LogP) is 2.46. The number of para-hydroxylation sites is 1.